The normalized spacial score (nSPS) is 19.0. The number of aromatic nitrogens is 3. The highest BCUT2D eigenvalue weighted by Gasteiger charge is 2.48. The first-order chi connectivity index (χ1) is 17.0. The molecule has 1 saturated carbocycles. The van der Waals surface area contributed by atoms with Gasteiger partial charge in [-0.05, 0) is 43.7 Å². The minimum Gasteiger partial charge on any atom is -0.493 e. The lowest BCUT2D eigenvalue weighted by Gasteiger charge is -2.17. The summed E-state index contributed by atoms with van der Waals surface area (Å²) in [6.07, 6.45) is 2.50. The topological polar surface area (TPSA) is 101 Å². The molecule has 1 aliphatic heterocycles. The number of para-hydroxylation sites is 1. The van der Waals surface area contributed by atoms with Gasteiger partial charge in [0.25, 0.3) is 5.91 Å². The van der Waals surface area contributed by atoms with Crippen molar-refractivity contribution in [1.82, 2.24) is 20.3 Å². The molecule has 3 unspecified atom stereocenters. The van der Waals surface area contributed by atoms with Gasteiger partial charge in [-0.2, -0.15) is 0 Å². The van der Waals surface area contributed by atoms with Crippen LogP contribution in [0, 0.1) is 0 Å². The fourth-order valence-electron chi connectivity index (χ4n) is 4.81. The lowest BCUT2D eigenvalue weighted by molar-refractivity contribution is 0.0944. The molecule has 35 heavy (non-hydrogen) atoms. The molecule has 0 radical (unpaired) electrons. The Morgan fingerprint density at radius 2 is 2.06 bits per heavy atom. The SMILES string of the molecule is COc1c(Cl)cccc1Nc1c(-c2ccnc3ccc(C(C)OC)nc23)[nH]c2c1C(=O)NC1CC21. The average Bonchev–Trinajstić information content (AvgIpc) is 3.55. The number of hydrogen-bond donors (Lipinski definition) is 3. The number of rotatable bonds is 6. The lowest BCUT2D eigenvalue weighted by Crippen LogP contribution is -2.31. The van der Waals surface area contributed by atoms with E-state index in [1.54, 1.807) is 26.5 Å². The molecule has 178 valence electrons. The summed E-state index contributed by atoms with van der Waals surface area (Å²) in [5.74, 6) is 0.664. The van der Waals surface area contributed by atoms with E-state index >= 15 is 0 Å². The molecule has 0 spiro atoms. The quantitative estimate of drug-likeness (QED) is 0.338. The van der Waals surface area contributed by atoms with Crippen LogP contribution in [0.25, 0.3) is 22.3 Å². The van der Waals surface area contributed by atoms with Gasteiger partial charge in [0.2, 0.25) is 0 Å². The third kappa shape index (κ3) is 3.52. The minimum absolute atomic E-state index is 0.107. The van der Waals surface area contributed by atoms with Crippen molar-refractivity contribution in [3.05, 3.63) is 64.6 Å². The van der Waals surface area contributed by atoms with Crippen molar-refractivity contribution in [2.24, 2.45) is 0 Å². The van der Waals surface area contributed by atoms with Gasteiger partial charge in [-0.15, -0.1) is 0 Å². The maximum atomic E-state index is 13.2. The van der Waals surface area contributed by atoms with Gasteiger partial charge in [0.1, 0.15) is 0 Å². The largest absolute Gasteiger partial charge is 0.493 e. The molecule has 3 atom stereocenters. The highest BCUT2D eigenvalue weighted by molar-refractivity contribution is 6.32. The average molecular weight is 490 g/mol. The van der Waals surface area contributed by atoms with E-state index in [1.807, 2.05) is 37.3 Å². The van der Waals surface area contributed by atoms with E-state index in [0.29, 0.717) is 27.7 Å². The Morgan fingerprint density at radius 1 is 1.20 bits per heavy atom. The molecule has 4 aromatic rings. The van der Waals surface area contributed by atoms with E-state index in [0.717, 1.165) is 40.1 Å². The number of aromatic amines is 1. The summed E-state index contributed by atoms with van der Waals surface area (Å²) in [5.41, 5.74) is 6.73. The van der Waals surface area contributed by atoms with Crippen LogP contribution in [0.15, 0.2) is 42.6 Å². The number of benzene rings is 1. The number of hydrogen-bond acceptors (Lipinski definition) is 6. The van der Waals surface area contributed by atoms with Crippen LogP contribution in [0.2, 0.25) is 5.02 Å². The summed E-state index contributed by atoms with van der Waals surface area (Å²) in [6, 6.07) is 11.4. The number of methoxy groups -OCH3 is 2. The highest BCUT2D eigenvalue weighted by Crippen LogP contribution is 2.50. The van der Waals surface area contributed by atoms with E-state index in [1.165, 1.54) is 0 Å². The van der Waals surface area contributed by atoms with Gasteiger partial charge in [-0.3, -0.25) is 9.78 Å². The second-order valence-electron chi connectivity index (χ2n) is 8.87. The molecule has 3 aromatic heterocycles. The van der Waals surface area contributed by atoms with E-state index < -0.39 is 0 Å². The number of halogens is 1. The first-order valence-electron chi connectivity index (χ1n) is 11.4. The predicted octanol–water partition coefficient (Wildman–Crippen LogP) is 5.34. The second kappa shape index (κ2) is 8.25. The van der Waals surface area contributed by atoms with Gasteiger partial charge in [-0.25, -0.2) is 4.98 Å². The van der Waals surface area contributed by atoms with Crippen molar-refractivity contribution >= 4 is 39.9 Å². The molecule has 2 aliphatic rings. The second-order valence-corrected chi connectivity index (χ2v) is 9.28. The zero-order valence-electron chi connectivity index (χ0n) is 19.5. The molecule has 0 saturated heterocycles. The Hall–Kier alpha value is -3.62. The van der Waals surface area contributed by atoms with Crippen molar-refractivity contribution in [3.63, 3.8) is 0 Å². The molecule has 1 fully saturated rings. The van der Waals surface area contributed by atoms with Gasteiger partial charge >= 0.3 is 0 Å². The predicted molar refractivity (Wildman–Crippen MR) is 135 cm³/mol. The molecule has 1 aliphatic carbocycles. The number of ether oxygens (including phenoxy) is 2. The van der Waals surface area contributed by atoms with Crippen LogP contribution in [0.5, 0.6) is 5.75 Å². The summed E-state index contributed by atoms with van der Waals surface area (Å²) in [7, 11) is 3.23. The van der Waals surface area contributed by atoms with Crippen LogP contribution in [0.4, 0.5) is 11.4 Å². The third-order valence-electron chi connectivity index (χ3n) is 6.81. The number of carbonyl (C=O) groups is 1. The van der Waals surface area contributed by atoms with Crippen molar-refractivity contribution in [3.8, 4) is 17.0 Å². The summed E-state index contributed by atoms with van der Waals surface area (Å²) >= 11 is 6.39. The fourth-order valence-corrected chi connectivity index (χ4v) is 5.06. The maximum Gasteiger partial charge on any atom is 0.255 e. The van der Waals surface area contributed by atoms with E-state index in [9.17, 15) is 4.79 Å². The van der Waals surface area contributed by atoms with Crippen LogP contribution in [-0.2, 0) is 4.74 Å². The molecule has 0 bridgehead atoms. The summed E-state index contributed by atoms with van der Waals surface area (Å²) in [4.78, 5) is 26.1. The van der Waals surface area contributed by atoms with E-state index in [2.05, 4.69) is 20.6 Å². The van der Waals surface area contributed by atoms with Crippen molar-refractivity contribution in [2.45, 2.75) is 31.4 Å². The Morgan fingerprint density at radius 3 is 2.86 bits per heavy atom. The first-order valence-corrected chi connectivity index (χ1v) is 11.8. The number of H-pyrrole nitrogens is 1. The van der Waals surface area contributed by atoms with Gasteiger partial charge in [0.05, 0.1) is 57.6 Å². The lowest BCUT2D eigenvalue weighted by atomic mass is 10.0. The molecule has 1 aromatic carbocycles. The summed E-state index contributed by atoms with van der Waals surface area (Å²) in [5, 5.41) is 7.03. The van der Waals surface area contributed by atoms with Gasteiger partial charge in [0, 0.05) is 36.5 Å². The monoisotopic (exact) mass is 489 g/mol. The van der Waals surface area contributed by atoms with Crippen LogP contribution in [0.3, 0.4) is 0 Å². The number of carbonyl (C=O) groups excluding carboxylic acids is 1. The molecule has 9 heteroatoms. The number of amides is 1. The summed E-state index contributed by atoms with van der Waals surface area (Å²) in [6.45, 7) is 1.95. The molecule has 6 rings (SSSR count). The number of anilines is 2. The maximum absolute atomic E-state index is 13.2. The van der Waals surface area contributed by atoms with Gasteiger partial charge in [0.15, 0.2) is 5.75 Å². The van der Waals surface area contributed by atoms with Gasteiger partial charge in [-0.1, -0.05) is 17.7 Å². The van der Waals surface area contributed by atoms with Gasteiger partial charge < -0.3 is 25.1 Å². The molecule has 1 amide bonds. The Kier molecular flexibility index (Phi) is 5.16. The van der Waals surface area contributed by atoms with Crippen molar-refractivity contribution in [2.75, 3.05) is 19.5 Å². The smallest absolute Gasteiger partial charge is 0.255 e. The number of nitrogens with one attached hydrogen (secondary N) is 3. The summed E-state index contributed by atoms with van der Waals surface area (Å²) < 4.78 is 11.0. The number of nitrogens with zero attached hydrogens (tertiary/aromatic N) is 2. The van der Waals surface area contributed by atoms with Crippen LogP contribution >= 0.6 is 11.6 Å². The van der Waals surface area contributed by atoms with Crippen molar-refractivity contribution in [1.29, 1.82) is 0 Å². The minimum atomic E-state index is -0.171. The number of fused-ring (bicyclic) bond motifs is 4. The molecular formula is C26H24ClN5O3. The van der Waals surface area contributed by atoms with Crippen LogP contribution in [-0.4, -0.2) is 41.1 Å². The third-order valence-corrected chi connectivity index (χ3v) is 7.11. The standard InChI is InChI=1S/C26H24ClN5O3/c1-12(34-2)16-7-8-17-21(29-16)13(9-10-28-17)23-24(30-18-6-4-5-15(27)25(18)35-3)20-22(32-23)14-11-19(14)31-26(20)33/h4-10,12,14,19,30,32H,11H2,1-3H3,(H,31,33). The van der Waals surface area contributed by atoms with Crippen LogP contribution in [0.1, 0.15) is 47.1 Å². The zero-order valence-corrected chi connectivity index (χ0v) is 20.2. The zero-order chi connectivity index (χ0) is 24.3. The van der Waals surface area contributed by atoms with Crippen molar-refractivity contribution < 1.29 is 14.3 Å². The molecule has 3 N–H and O–H groups in total. The number of pyridine rings is 2. The molecular weight excluding hydrogens is 466 g/mol. The van der Waals surface area contributed by atoms with E-state index in [-0.39, 0.29) is 24.0 Å². The van der Waals surface area contributed by atoms with E-state index in [4.69, 9.17) is 26.1 Å². The van der Waals surface area contributed by atoms with Crippen LogP contribution < -0.4 is 15.4 Å². The fraction of sp³-hybridized carbons (Fsp3) is 0.269. The first kappa shape index (κ1) is 21.9. The highest BCUT2D eigenvalue weighted by atomic mass is 35.5. The Bertz CT molecular complexity index is 1480. The Balaban J connectivity index is 1.59. The Labute approximate surface area is 207 Å². The molecule has 4 heterocycles. The molecule has 8 nitrogen and oxygen atoms in total.